The highest BCUT2D eigenvalue weighted by Crippen LogP contribution is 2.31. The number of rotatable bonds is 6. The molecule has 2 aromatic rings. The SMILES string of the molecule is CC.Nc1cc(CN2CCC(F)(C(=O)N3CCC(NCc4ccc(F)cc4F)CC3)CC2)ccn1. The number of nitrogens with two attached hydrogens (primary N) is 1. The lowest BCUT2D eigenvalue weighted by molar-refractivity contribution is -0.148. The van der Waals surface area contributed by atoms with Gasteiger partial charge >= 0.3 is 0 Å². The van der Waals surface area contributed by atoms with Crippen LogP contribution in [0, 0.1) is 11.6 Å². The number of nitrogens with zero attached hydrogens (tertiary/aromatic N) is 3. The van der Waals surface area contributed by atoms with Gasteiger partial charge < -0.3 is 16.0 Å². The molecule has 0 spiro atoms. The van der Waals surface area contributed by atoms with E-state index in [0.29, 0.717) is 56.9 Å². The topological polar surface area (TPSA) is 74.5 Å². The van der Waals surface area contributed by atoms with Crippen LogP contribution in [-0.2, 0) is 17.9 Å². The van der Waals surface area contributed by atoms with Crippen LogP contribution in [0.1, 0.15) is 50.7 Å². The fraction of sp³-hybridized carbons (Fsp3) is 0.538. The summed E-state index contributed by atoms with van der Waals surface area (Å²) in [5.41, 5.74) is 5.32. The molecular weight excluding hydrogens is 455 g/mol. The van der Waals surface area contributed by atoms with Crippen molar-refractivity contribution >= 4 is 11.7 Å². The normalized spacial score (nSPS) is 18.6. The maximum Gasteiger partial charge on any atom is 0.260 e. The van der Waals surface area contributed by atoms with Crippen molar-refractivity contribution < 1.29 is 18.0 Å². The summed E-state index contributed by atoms with van der Waals surface area (Å²) in [4.78, 5) is 20.7. The van der Waals surface area contributed by atoms with Crippen molar-refractivity contribution in [2.75, 3.05) is 31.9 Å². The third-order valence-corrected chi connectivity index (χ3v) is 6.66. The maximum atomic E-state index is 15.5. The standard InChI is InChI=1S/C24H30F3N5O.C2H6/c25-19-2-1-18(21(26)14-19)15-30-20-4-9-32(10-5-20)23(33)24(27)6-11-31(12-7-24)16-17-3-8-29-22(28)13-17;1-2/h1-3,8,13-14,20,30H,4-7,9-12,15-16H2,(H2,28,29);1-2H3. The fourth-order valence-electron chi connectivity index (χ4n) is 4.62. The number of carbonyl (C=O) groups excluding carboxylic acids is 1. The van der Waals surface area contributed by atoms with Gasteiger partial charge in [-0.3, -0.25) is 9.69 Å². The zero-order chi connectivity index (χ0) is 25.4. The van der Waals surface area contributed by atoms with Crippen LogP contribution >= 0.6 is 0 Å². The Balaban J connectivity index is 0.00000167. The van der Waals surface area contributed by atoms with Crippen LogP contribution in [0.5, 0.6) is 0 Å². The van der Waals surface area contributed by atoms with E-state index in [1.54, 1.807) is 11.1 Å². The number of pyridine rings is 1. The minimum Gasteiger partial charge on any atom is -0.384 e. The van der Waals surface area contributed by atoms with Crippen molar-refractivity contribution in [3.8, 4) is 0 Å². The third-order valence-electron chi connectivity index (χ3n) is 6.66. The molecule has 2 aliphatic rings. The van der Waals surface area contributed by atoms with E-state index in [1.807, 2.05) is 26.0 Å². The van der Waals surface area contributed by atoms with Crippen LogP contribution in [0.4, 0.5) is 19.0 Å². The molecule has 3 N–H and O–H groups in total. The summed E-state index contributed by atoms with van der Waals surface area (Å²) in [5.74, 6) is -1.14. The van der Waals surface area contributed by atoms with Crippen LogP contribution in [0.2, 0.25) is 0 Å². The van der Waals surface area contributed by atoms with Gasteiger partial charge in [-0.05, 0) is 36.6 Å². The van der Waals surface area contributed by atoms with E-state index < -0.39 is 23.2 Å². The second-order valence-electron chi connectivity index (χ2n) is 9.01. The molecule has 9 heteroatoms. The number of likely N-dealkylation sites (tertiary alicyclic amines) is 2. The van der Waals surface area contributed by atoms with E-state index in [9.17, 15) is 13.6 Å². The number of amides is 1. The molecule has 1 amide bonds. The first kappa shape index (κ1) is 26.9. The minimum atomic E-state index is -1.83. The van der Waals surface area contributed by atoms with Gasteiger partial charge in [0.05, 0.1) is 0 Å². The molecule has 0 saturated carbocycles. The monoisotopic (exact) mass is 491 g/mol. The number of carbonyl (C=O) groups is 1. The number of benzene rings is 1. The average molecular weight is 492 g/mol. The summed E-state index contributed by atoms with van der Waals surface area (Å²) in [7, 11) is 0. The molecule has 4 rings (SSSR count). The molecule has 2 aliphatic heterocycles. The molecule has 3 heterocycles. The quantitative estimate of drug-likeness (QED) is 0.638. The zero-order valence-corrected chi connectivity index (χ0v) is 20.6. The molecule has 6 nitrogen and oxygen atoms in total. The highest BCUT2D eigenvalue weighted by molar-refractivity contribution is 5.85. The minimum absolute atomic E-state index is 0.101. The number of piperidine rings is 2. The lowest BCUT2D eigenvalue weighted by Gasteiger charge is -2.40. The van der Waals surface area contributed by atoms with Gasteiger partial charge in [-0.25, -0.2) is 18.2 Å². The van der Waals surface area contributed by atoms with Crippen molar-refractivity contribution in [1.82, 2.24) is 20.1 Å². The summed E-state index contributed by atoms with van der Waals surface area (Å²) in [6, 6.07) is 7.34. The van der Waals surface area contributed by atoms with Crippen LogP contribution in [0.25, 0.3) is 0 Å². The van der Waals surface area contributed by atoms with Gasteiger partial charge in [0.15, 0.2) is 5.67 Å². The Morgan fingerprint density at radius 1 is 1.11 bits per heavy atom. The van der Waals surface area contributed by atoms with Crippen molar-refractivity contribution in [2.24, 2.45) is 0 Å². The first-order valence-corrected chi connectivity index (χ1v) is 12.4. The largest absolute Gasteiger partial charge is 0.384 e. The molecule has 192 valence electrons. The molecule has 2 fully saturated rings. The smallest absolute Gasteiger partial charge is 0.260 e. The number of anilines is 1. The van der Waals surface area contributed by atoms with Crippen molar-refractivity contribution in [3.63, 3.8) is 0 Å². The summed E-state index contributed by atoms with van der Waals surface area (Å²) in [5, 5.41) is 3.27. The Bertz CT molecular complexity index is 973. The van der Waals surface area contributed by atoms with E-state index in [2.05, 4.69) is 15.2 Å². The Morgan fingerprint density at radius 2 is 1.80 bits per heavy atom. The van der Waals surface area contributed by atoms with Crippen LogP contribution < -0.4 is 11.1 Å². The van der Waals surface area contributed by atoms with E-state index in [-0.39, 0.29) is 25.4 Å². The summed E-state index contributed by atoms with van der Waals surface area (Å²) < 4.78 is 42.4. The summed E-state index contributed by atoms with van der Waals surface area (Å²) in [6.07, 6.45) is 3.34. The first-order valence-electron chi connectivity index (χ1n) is 12.4. The van der Waals surface area contributed by atoms with Gasteiger partial charge in [0.1, 0.15) is 17.5 Å². The molecule has 1 aromatic heterocycles. The molecule has 1 aromatic carbocycles. The molecule has 0 bridgehead atoms. The van der Waals surface area contributed by atoms with E-state index in [0.717, 1.165) is 11.6 Å². The number of hydrogen-bond donors (Lipinski definition) is 2. The molecular formula is C26H36F3N5O. The average Bonchev–Trinajstić information content (AvgIpc) is 2.86. The van der Waals surface area contributed by atoms with E-state index in [1.165, 1.54) is 12.1 Å². The Kier molecular flexibility index (Phi) is 9.51. The predicted octanol–water partition coefficient (Wildman–Crippen LogP) is 4.05. The molecule has 0 radical (unpaired) electrons. The summed E-state index contributed by atoms with van der Waals surface area (Å²) in [6.45, 7) is 6.89. The van der Waals surface area contributed by atoms with Gasteiger partial charge in [0, 0.05) is 76.0 Å². The lowest BCUT2D eigenvalue weighted by Crippen LogP contribution is -2.55. The predicted molar refractivity (Wildman–Crippen MR) is 131 cm³/mol. The Labute approximate surface area is 205 Å². The van der Waals surface area contributed by atoms with Crippen LogP contribution in [0.15, 0.2) is 36.5 Å². The van der Waals surface area contributed by atoms with Gasteiger partial charge in [0.25, 0.3) is 5.91 Å². The second-order valence-corrected chi connectivity index (χ2v) is 9.01. The molecule has 2 saturated heterocycles. The number of aromatic nitrogens is 1. The van der Waals surface area contributed by atoms with Gasteiger partial charge in [-0.2, -0.15) is 0 Å². The molecule has 0 aliphatic carbocycles. The Morgan fingerprint density at radius 3 is 2.43 bits per heavy atom. The highest BCUT2D eigenvalue weighted by Gasteiger charge is 2.44. The van der Waals surface area contributed by atoms with Gasteiger partial charge in [-0.1, -0.05) is 19.9 Å². The number of halogens is 3. The third kappa shape index (κ3) is 7.18. The highest BCUT2D eigenvalue weighted by atomic mass is 19.1. The first-order chi connectivity index (χ1) is 16.8. The maximum absolute atomic E-state index is 15.5. The van der Waals surface area contributed by atoms with E-state index in [4.69, 9.17) is 5.73 Å². The van der Waals surface area contributed by atoms with Crippen molar-refractivity contribution in [2.45, 2.75) is 64.3 Å². The van der Waals surface area contributed by atoms with Gasteiger partial charge in [0.2, 0.25) is 0 Å². The van der Waals surface area contributed by atoms with Crippen molar-refractivity contribution in [1.29, 1.82) is 0 Å². The number of nitrogens with one attached hydrogen (secondary N) is 1. The van der Waals surface area contributed by atoms with E-state index >= 15 is 4.39 Å². The number of hydrogen-bond acceptors (Lipinski definition) is 5. The van der Waals surface area contributed by atoms with Gasteiger partial charge in [-0.15, -0.1) is 0 Å². The fourth-order valence-corrected chi connectivity index (χ4v) is 4.62. The second kappa shape index (κ2) is 12.4. The summed E-state index contributed by atoms with van der Waals surface area (Å²) >= 11 is 0. The molecule has 35 heavy (non-hydrogen) atoms. The Hall–Kier alpha value is -2.65. The number of nitrogen functional groups attached to an aromatic ring is 1. The van der Waals surface area contributed by atoms with Crippen LogP contribution in [0.3, 0.4) is 0 Å². The number of alkyl halides is 1. The van der Waals surface area contributed by atoms with Crippen molar-refractivity contribution in [3.05, 3.63) is 59.3 Å². The molecule has 0 unspecified atom stereocenters. The lowest BCUT2D eigenvalue weighted by atomic mass is 9.90. The molecule has 0 atom stereocenters. The zero-order valence-electron chi connectivity index (χ0n) is 20.6. The van der Waals surface area contributed by atoms with Crippen LogP contribution in [-0.4, -0.2) is 58.6 Å².